The molecular formula is C32H32ClN3O5. The highest BCUT2D eigenvalue weighted by Crippen LogP contribution is 2.34. The highest BCUT2D eigenvalue weighted by Gasteiger charge is 2.27. The molecular weight excluding hydrogens is 542 g/mol. The summed E-state index contributed by atoms with van der Waals surface area (Å²) in [6, 6.07) is 20.2. The van der Waals surface area contributed by atoms with E-state index in [4.69, 9.17) is 21.1 Å². The Hall–Kier alpha value is -3.88. The lowest BCUT2D eigenvalue weighted by molar-refractivity contribution is -0.143. The van der Waals surface area contributed by atoms with Gasteiger partial charge in [-0.2, -0.15) is 4.98 Å². The van der Waals surface area contributed by atoms with Gasteiger partial charge in [0.2, 0.25) is 0 Å². The molecule has 1 aromatic heterocycles. The van der Waals surface area contributed by atoms with Crippen LogP contribution in [0.4, 0.5) is 0 Å². The van der Waals surface area contributed by atoms with Crippen molar-refractivity contribution in [3.63, 3.8) is 0 Å². The van der Waals surface area contributed by atoms with Gasteiger partial charge in [-0.3, -0.25) is 9.59 Å². The highest BCUT2D eigenvalue weighted by molar-refractivity contribution is 6.34. The van der Waals surface area contributed by atoms with Gasteiger partial charge in [0, 0.05) is 30.4 Å². The number of nitrogens with one attached hydrogen (secondary N) is 2. The minimum Gasteiger partial charge on any atom is -0.481 e. The molecule has 1 amide bonds. The lowest BCUT2D eigenvalue weighted by atomic mass is 9.87. The first-order valence-corrected chi connectivity index (χ1v) is 14.5. The van der Waals surface area contributed by atoms with Crippen LogP contribution in [0.2, 0.25) is 5.02 Å². The van der Waals surface area contributed by atoms with Gasteiger partial charge in [-0.1, -0.05) is 48.0 Å². The summed E-state index contributed by atoms with van der Waals surface area (Å²) in [5.41, 5.74) is 6.06. The van der Waals surface area contributed by atoms with Gasteiger partial charge >= 0.3 is 5.97 Å². The number of imidazole rings is 1. The van der Waals surface area contributed by atoms with E-state index in [9.17, 15) is 14.7 Å². The van der Waals surface area contributed by atoms with Crippen molar-refractivity contribution in [3.8, 4) is 28.3 Å². The van der Waals surface area contributed by atoms with E-state index in [0.29, 0.717) is 55.5 Å². The molecule has 0 radical (unpaired) electrons. The lowest BCUT2D eigenvalue weighted by Crippen LogP contribution is -2.38. The molecule has 0 atom stereocenters. The summed E-state index contributed by atoms with van der Waals surface area (Å²) in [4.78, 5) is 31.6. The Morgan fingerprint density at radius 1 is 0.902 bits per heavy atom. The number of nitrogens with zero attached hydrogens (tertiary/aromatic N) is 1. The molecule has 0 spiro atoms. The smallest absolute Gasteiger partial charge is 0.306 e. The molecule has 41 heavy (non-hydrogen) atoms. The van der Waals surface area contributed by atoms with Crippen molar-refractivity contribution >= 4 is 34.5 Å². The predicted molar refractivity (Wildman–Crippen MR) is 157 cm³/mol. The maximum Gasteiger partial charge on any atom is 0.306 e. The Kier molecular flexibility index (Phi) is 7.94. The summed E-state index contributed by atoms with van der Waals surface area (Å²) in [7, 11) is 0. The number of hydrogen-bond donors (Lipinski definition) is 3. The molecule has 6 rings (SSSR count). The first kappa shape index (κ1) is 27.3. The van der Waals surface area contributed by atoms with E-state index in [-0.39, 0.29) is 24.0 Å². The van der Waals surface area contributed by atoms with E-state index in [2.05, 4.69) is 15.3 Å². The summed E-state index contributed by atoms with van der Waals surface area (Å²) in [6.07, 6.45) is 4.25. The maximum absolute atomic E-state index is 12.6. The number of H-pyrrole nitrogens is 1. The van der Waals surface area contributed by atoms with Crippen LogP contribution in [0.3, 0.4) is 0 Å². The quantitative estimate of drug-likeness (QED) is 0.233. The van der Waals surface area contributed by atoms with Crippen molar-refractivity contribution in [2.24, 2.45) is 5.92 Å². The molecule has 212 valence electrons. The number of ether oxygens (including phenoxy) is 2. The summed E-state index contributed by atoms with van der Waals surface area (Å²) in [5.74, 6) is -1.07. The van der Waals surface area contributed by atoms with Crippen LogP contribution in [0, 0.1) is 5.92 Å². The average molecular weight is 574 g/mol. The monoisotopic (exact) mass is 573 g/mol. The molecule has 1 saturated heterocycles. The van der Waals surface area contributed by atoms with E-state index in [1.54, 1.807) is 0 Å². The lowest BCUT2D eigenvalue weighted by Gasteiger charge is -2.25. The third-order valence-electron chi connectivity index (χ3n) is 8.08. The number of aliphatic carboxylic acids is 1. The number of halogens is 1. The molecule has 1 saturated carbocycles. The topological polar surface area (TPSA) is 114 Å². The van der Waals surface area contributed by atoms with Gasteiger partial charge in [-0.25, -0.2) is 0 Å². The van der Waals surface area contributed by atoms with Gasteiger partial charge in [-0.05, 0) is 79.5 Å². The molecule has 2 heterocycles. The van der Waals surface area contributed by atoms with Crippen molar-refractivity contribution < 1.29 is 24.2 Å². The second-order valence-corrected chi connectivity index (χ2v) is 11.2. The van der Waals surface area contributed by atoms with Gasteiger partial charge in [0.25, 0.3) is 11.9 Å². The molecule has 0 bridgehead atoms. The Bertz CT molecular complexity index is 1540. The van der Waals surface area contributed by atoms with Gasteiger partial charge < -0.3 is 24.9 Å². The van der Waals surface area contributed by atoms with E-state index < -0.39 is 5.97 Å². The van der Waals surface area contributed by atoms with Crippen LogP contribution >= 0.6 is 11.6 Å². The van der Waals surface area contributed by atoms with Crippen molar-refractivity contribution in [1.29, 1.82) is 0 Å². The minimum atomic E-state index is -0.731. The van der Waals surface area contributed by atoms with E-state index in [1.807, 2.05) is 60.7 Å². The second-order valence-electron chi connectivity index (χ2n) is 10.8. The maximum atomic E-state index is 12.6. The van der Waals surface area contributed by atoms with Crippen molar-refractivity contribution in [2.45, 2.75) is 50.7 Å². The van der Waals surface area contributed by atoms with E-state index in [1.165, 1.54) is 0 Å². The Morgan fingerprint density at radius 3 is 2.20 bits per heavy atom. The normalized spacial score (nSPS) is 19.6. The number of carboxylic acids is 1. The average Bonchev–Trinajstić information content (AvgIpc) is 3.38. The van der Waals surface area contributed by atoms with E-state index in [0.717, 1.165) is 46.1 Å². The fraction of sp³-hybridized carbons (Fsp3) is 0.344. The Balaban J connectivity index is 1.12. The van der Waals surface area contributed by atoms with Crippen LogP contribution in [0.15, 0.2) is 60.7 Å². The minimum absolute atomic E-state index is 0.0518. The number of carbonyl (C=O) groups is 2. The summed E-state index contributed by atoms with van der Waals surface area (Å²) < 4.78 is 11.4. The zero-order valence-corrected chi connectivity index (χ0v) is 23.3. The standard InChI is InChI=1S/C32H32ClN3O5/c33-27-18-29-28(35-32(36-29)41-25-11-9-23(10-12-25)31(38)39)17-26(27)21-5-1-19(2-6-21)20-3-7-22(8-4-20)30(37)34-24-13-15-40-16-14-24/h1-8,17-18,23-25H,9-16H2,(H,34,37)(H,35,36)(H,38,39). The Morgan fingerprint density at radius 2 is 1.54 bits per heavy atom. The summed E-state index contributed by atoms with van der Waals surface area (Å²) >= 11 is 6.67. The largest absolute Gasteiger partial charge is 0.481 e. The second kappa shape index (κ2) is 11.9. The number of aromatic nitrogens is 2. The van der Waals surface area contributed by atoms with Gasteiger partial charge in [0.1, 0.15) is 6.10 Å². The van der Waals surface area contributed by atoms with Crippen LogP contribution in [0.1, 0.15) is 48.9 Å². The van der Waals surface area contributed by atoms with Crippen LogP contribution < -0.4 is 10.1 Å². The van der Waals surface area contributed by atoms with Gasteiger partial charge in [-0.15, -0.1) is 0 Å². The number of aromatic amines is 1. The predicted octanol–water partition coefficient (Wildman–Crippen LogP) is 6.48. The highest BCUT2D eigenvalue weighted by atomic mass is 35.5. The molecule has 3 aromatic carbocycles. The number of fused-ring (bicyclic) bond motifs is 1. The molecule has 1 aliphatic carbocycles. The molecule has 0 unspecified atom stereocenters. The number of amides is 1. The summed E-state index contributed by atoms with van der Waals surface area (Å²) in [6.45, 7) is 1.38. The number of hydrogen-bond acceptors (Lipinski definition) is 5. The number of rotatable bonds is 7. The van der Waals surface area contributed by atoms with Crippen LogP contribution in [0.25, 0.3) is 33.3 Å². The molecule has 2 fully saturated rings. The zero-order chi connectivity index (χ0) is 28.3. The number of benzene rings is 3. The molecule has 1 aliphatic heterocycles. The molecule has 4 aromatic rings. The van der Waals surface area contributed by atoms with Gasteiger partial charge in [0.15, 0.2) is 0 Å². The van der Waals surface area contributed by atoms with Gasteiger partial charge in [0.05, 0.1) is 22.0 Å². The van der Waals surface area contributed by atoms with Crippen molar-refractivity contribution in [1.82, 2.24) is 15.3 Å². The zero-order valence-electron chi connectivity index (χ0n) is 22.6. The molecule has 9 heteroatoms. The molecule has 3 N–H and O–H groups in total. The van der Waals surface area contributed by atoms with Crippen LogP contribution in [-0.4, -0.2) is 52.3 Å². The third-order valence-corrected chi connectivity index (χ3v) is 8.40. The fourth-order valence-corrected chi connectivity index (χ4v) is 5.91. The Labute approximate surface area is 243 Å². The molecule has 2 aliphatic rings. The molecule has 8 nitrogen and oxygen atoms in total. The SMILES string of the molecule is O=C(NC1CCOCC1)c1ccc(-c2ccc(-c3cc4nc(OC5CCC(C(=O)O)CC5)[nH]c4cc3Cl)cc2)cc1. The summed E-state index contributed by atoms with van der Waals surface area (Å²) in [5, 5.41) is 12.9. The fourth-order valence-electron chi connectivity index (χ4n) is 5.64. The first-order valence-electron chi connectivity index (χ1n) is 14.1. The van der Waals surface area contributed by atoms with Crippen molar-refractivity contribution in [2.75, 3.05) is 13.2 Å². The number of carboxylic acid groups (broad SMARTS) is 1. The number of carbonyl (C=O) groups excluding carboxylic acids is 1. The third kappa shape index (κ3) is 6.24. The van der Waals surface area contributed by atoms with Crippen LogP contribution in [0.5, 0.6) is 6.01 Å². The first-order chi connectivity index (χ1) is 19.9. The van der Waals surface area contributed by atoms with E-state index >= 15 is 0 Å². The van der Waals surface area contributed by atoms with Crippen molar-refractivity contribution in [3.05, 3.63) is 71.2 Å². The van der Waals surface area contributed by atoms with Crippen LogP contribution in [-0.2, 0) is 9.53 Å².